The van der Waals surface area contributed by atoms with E-state index in [1.165, 1.54) is 5.56 Å². The molecule has 0 aliphatic rings. The number of aromatic nitrogens is 2. The largest absolute Gasteiger partial charge is 0.507 e. The van der Waals surface area contributed by atoms with Gasteiger partial charge in [0.15, 0.2) is 0 Å². The molecule has 0 fully saturated rings. The molecule has 0 bridgehead atoms. The molecule has 0 amide bonds. The highest BCUT2D eigenvalue weighted by Crippen LogP contribution is 2.30. The summed E-state index contributed by atoms with van der Waals surface area (Å²) in [4.78, 5) is 0.909. The van der Waals surface area contributed by atoms with E-state index >= 15 is 0 Å². The zero-order chi connectivity index (χ0) is 11.4. The molecule has 0 unspecified atom stereocenters. The van der Waals surface area contributed by atoms with Gasteiger partial charge in [-0.05, 0) is 19.1 Å². The number of para-hydroxylation sites is 1. The van der Waals surface area contributed by atoms with Crippen LogP contribution in [0.1, 0.15) is 12.5 Å². The predicted octanol–water partition coefficient (Wildman–Crippen LogP) is 2.90. The first-order valence-electron chi connectivity index (χ1n) is 5.21. The first-order valence-corrected chi connectivity index (χ1v) is 6.20. The molecule has 0 spiro atoms. The highest BCUT2D eigenvalue weighted by Gasteiger charge is 2.02. The van der Waals surface area contributed by atoms with Crippen LogP contribution >= 0.6 is 11.8 Å². The monoisotopic (exact) mass is 234 g/mol. The second-order valence-corrected chi connectivity index (χ2v) is 4.48. The molecule has 2 aromatic rings. The van der Waals surface area contributed by atoms with Gasteiger partial charge in [-0.15, -0.1) is 11.8 Å². The van der Waals surface area contributed by atoms with Crippen molar-refractivity contribution >= 4 is 11.8 Å². The van der Waals surface area contributed by atoms with Gasteiger partial charge in [-0.1, -0.05) is 12.1 Å². The first kappa shape index (κ1) is 11.1. The van der Waals surface area contributed by atoms with E-state index in [2.05, 4.69) is 12.0 Å². The van der Waals surface area contributed by atoms with Crippen molar-refractivity contribution in [1.29, 1.82) is 0 Å². The normalized spacial score (nSPS) is 10.6. The first-order chi connectivity index (χ1) is 7.79. The number of hydrogen-bond acceptors (Lipinski definition) is 3. The summed E-state index contributed by atoms with van der Waals surface area (Å²) in [5, 5.41) is 13.8. The summed E-state index contributed by atoms with van der Waals surface area (Å²) in [7, 11) is 0. The van der Waals surface area contributed by atoms with Gasteiger partial charge in [-0.25, -0.2) is 0 Å². The number of nitrogens with zero attached hydrogens (tertiary/aromatic N) is 2. The van der Waals surface area contributed by atoms with E-state index in [9.17, 15) is 5.11 Å². The van der Waals surface area contributed by atoms with Gasteiger partial charge < -0.3 is 5.11 Å². The van der Waals surface area contributed by atoms with Crippen molar-refractivity contribution in [2.75, 3.05) is 0 Å². The third kappa shape index (κ3) is 2.58. The van der Waals surface area contributed by atoms with Gasteiger partial charge in [0.25, 0.3) is 0 Å². The van der Waals surface area contributed by atoms with Crippen LogP contribution in [0, 0.1) is 0 Å². The second kappa shape index (κ2) is 5.07. The Labute approximate surface area is 99.1 Å². The van der Waals surface area contributed by atoms with E-state index in [1.54, 1.807) is 17.8 Å². The predicted molar refractivity (Wildman–Crippen MR) is 65.6 cm³/mol. The molecule has 1 heterocycles. The molecule has 0 saturated heterocycles. The maximum absolute atomic E-state index is 9.60. The smallest absolute Gasteiger partial charge is 0.129 e. The van der Waals surface area contributed by atoms with E-state index in [1.807, 2.05) is 35.3 Å². The van der Waals surface area contributed by atoms with Crippen LogP contribution in [0.25, 0.3) is 0 Å². The van der Waals surface area contributed by atoms with Gasteiger partial charge in [0.1, 0.15) is 5.75 Å². The maximum atomic E-state index is 9.60. The van der Waals surface area contributed by atoms with E-state index in [4.69, 9.17) is 0 Å². The number of thioether (sulfide) groups is 1. The lowest BCUT2D eigenvalue weighted by Crippen LogP contribution is -1.92. The van der Waals surface area contributed by atoms with E-state index in [0.717, 1.165) is 17.2 Å². The molecule has 1 N–H and O–H groups in total. The summed E-state index contributed by atoms with van der Waals surface area (Å²) in [5.74, 6) is 1.17. The summed E-state index contributed by atoms with van der Waals surface area (Å²) in [6.45, 7) is 2.95. The lowest BCUT2D eigenvalue weighted by Gasteiger charge is -2.01. The molecule has 0 aliphatic carbocycles. The summed E-state index contributed by atoms with van der Waals surface area (Å²) in [6.07, 6.45) is 3.91. The topological polar surface area (TPSA) is 38.0 Å². The molecule has 0 saturated carbocycles. The molecule has 0 radical (unpaired) electrons. The number of aromatic hydroxyl groups is 1. The SMILES string of the molecule is CCn1cc(CSc2ccccc2O)cn1. The Hall–Kier alpha value is -1.42. The minimum atomic E-state index is 0.343. The van der Waals surface area contributed by atoms with Crippen molar-refractivity contribution < 1.29 is 5.11 Å². The molecule has 4 heteroatoms. The fourth-order valence-electron chi connectivity index (χ4n) is 1.39. The Morgan fingerprint density at radius 3 is 2.88 bits per heavy atom. The fraction of sp³-hybridized carbons (Fsp3) is 0.250. The summed E-state index contributed by atoms with van der Waals surface area (Å²) in [6, 6.07) is 7.38. The number of phenolic OH excluding ortho intramolecular Hbond substituents is 1. The minimum Gasteiger partial charge on any atom is -0.507 e. The summed E-state index contributed by atoms with van der Waals surface area (Å²) in [5.41, 5.74) is 1.18. The van der Waals surface area contributed by atoms with Crippen LogP contribution in [0.4, 0.5) is 0 Å². The lowest BCUT2D eigenvalue weighted by molar-refractivity contribution is 0.462. The van der Waals surface area contributed by atoms with Crippen LogP contribution in [0.2, 0.25) is 0 Å². The molecule has 1 aromatic heterocycles. The van der Waals surface area contributed by atoms with Gasteiger partial charge in [-0.3, -0.25) is 4.68 Å². The second-order valence-electron chi connectivity index (χ2n) is 3.46. The van der Waals surface area contributed by atoms with Gasteiger partial charge in [0.05, 0.1) is 6.20 Å². The highest BCUT2D eigenvalue weighted by atomic mass is 32.2. The number of hydrogen-bond donors (Lipinski definition) is 1. The Balaban J connectivity index is 1.99. The maximum Gasteiger partial charge on any atom is 0.129 e. The van der Waals surface area contributed by atoms with E-state index in [-0.39, 0.29) is 0 Å². The summed E-state index contributed by atoms with van der Waals surface area (Å²) < 4.78 is 1.90. The molecular weight excluding hydrogens is 220 g/mol. The molecule has 1 aromatic carbocycles. The van der Waals surface area contributed by atoms with Crippen molar-refractivity contribution in [2.24, 2.45) is 0 Å². The third-order valence-electron chi connectivity index (χ3n) is 2.27. The van der Waals surface area contributed by atoms with Crippen molar-refractivity contribution in [1.82, 2.24) is 9.78 Å². The third-order valence-corrected chi connectivity index (χ3v) is 3.40. The highest BCUT2D eigenvalue weighted by molar-refractivity contribution is 7.98. The molecule has 0 atom stereocenters. The minimum absolute atomic E-state index is 0.343. The molecule has 84 valence electrons. The fourth-order valence-corrected chi connectivity index (χ4v) is 2.26. The Morgan fingerprint density at radius 2 is 2.19 bits per heavy atom. The van der Waals surface area contributed by atoms with Crippen molar-refractivity contribution in [2.45, 2.75) is 24.1 Å². The van der Waals surface area contributed by atoms with E-state index < -0.39 is 0 Å². The van der Waals surface area contributed by atoms with Gasteiger partial charge in [0, 0.05) is 29.0 Å². The average Bonchev–Trinajstić information content (AvgIpc) is 2.76. The average molecular weight is 234 g/mol. The van der Waals surface area contributed by atoms with E-state index in [0.29, 0.717) is 5.75 Å². The Morgan fingerprint density at radius 1 is 1.38 bits per heavy atom. The number of aryl methyl sites for hydroxylation is 1. The zero-order valence-corrected chi connectivity index (χ0v) is 9.94. The van der Waals surface area contributed by atoms with Crippen LogP contribution in [-0.4, -0.2) is 14.9 Å². The molecule has 16 heavy (non-hydrogen) atoms. The standard InChI is InChI=1S/C12H14N2OS/c1-2-14-8-10(7-13-14)9-16-12-6-4-3-5-11(12)15/h3-8,15H,2,9H2,1H3. The van der Waals surface area contributed by atoms with Gasteiger partial charge in [-0.2, -0.15) is 5.10 Å². The Kier molecular flexibility index (Phi) is 3.51. The van der Waals surface area contributed by atoms with Crippen molar-refractivity contribution in [3.05, 3.63) is 42.2 Å². The van der Waals surface area contributed by atoms with Crippen LogP contribution < -0.4 is 0 Å². The quantitative estimate of drug-likeness (QED) is 0.827. The molecular formula is C12H14N2OS. The molecule has 3 nitrogen and oxygen atoms in total. The van der Waals surface area contributed by atoms with Crippen LogP contribution in [0.3, 0.4) is 0 Å². The molecule has 2 rings (SSSR count). The Bertz CT molecular complexity index is 468. The van der Waals surface area contributed by atoms with Gasteiger partial charge >= 0.3 is 0 Å². The number of phenols is 1. The number of rotatable bonds is 4. The van der Waals surface area contributed by atoms with Crippen LogP contribution in [0.15, 0.2) is 41.6 Å². The zero-order valence-electron chi connectivity index (χ0n) is 9.13. The van der Waals surface area contributed by atoms with Crippen molar-refractivity contribution in [3.8, 4) is 5.75 Å². The molecule has 0 aliphatic heterocycles. The lowest BCUT2D eigenvalue weighted by atomic mass is 10.3. The van der Waals surface area contributed by atoms with Gasteiger partial charge in [0.2, 0.25) is 0 Å². The number of benzene rings is 1. The summed E-state index contributed by atoms with van der Waals surface area (Å²) >= 11 is 1.62. The van der Waals surface area contributed by atoms with Crippen LogP contribution in [-0.2, 0) is 12.3 Å². The van der Waals surface area contributed by atoms with Crippen molar-refractivity contribution in [3.63, 3.8) is 0 Å². The van der Waals surface area contributed by atoms with Crippen LogP contribution in [0.5, 0.6) is 5.75 Å².